The summed E-state index contributed by atoms with van der Waals surface area (Å²) in [5.41, 5.74) is 3.77. The van der Waals surface area contributed by atoms with Crippen molar-refractivity contribution in [2.75, 3.05) is 32.7 Å². The zero-order valence-electron chi connectivity index (χ0n) is 18.7. The first-order chi connectivity index (χ1) is 16.3. The van der Waals surface area contributed by atoms with E-state index in [9.17, 15) is 0 Å². The number of benzene rings is 3. The highest BCUT2D eigenvalue weighted by molar-refractivity contribution is 7.71. The van der Waals surface area contributed by atoms with Gasteiger partial charge < -0.3 is 4.90 Å². The minimum Gasteiger partial charge on any atom is -0.300 e. The summed E-state index contributed by atoms with van der Waals surface area (Å²) in [5, 5.41) is 7.48. The number of para-hydroxylation sites is 1. The second-order valence-corrected chi connectivity index (χ2v) is 8.85. The molecule has 1 aromatic heterocycles. The molecular weight excluding hydrogens is 426 g/mol. The van der Waals surface area contributed by atoms with Gasteiger partial charge in [0.25, 0.3) is 0 Å². The molecule has 3 aromatic carbocycles. The largest absolute Gasteiger partial charge is 0.300 e. The first-order valence-corrected chi connectivity index (χ1v) is 12.0. The summed E-state index contributed by atoms with van der Waals surface area (Å²) in [5.74, 6) is 0.986. The van der Waals surface area contributed by atoms with Crippen molar-refractivity contribution >= 4 is 12.2 Å². The first kappa shape index (κ1) is 21.8. The van der Waals surface area contributed by atoms with Crippen molar-refractivity contribution in [1.29, 1.82) is 0 Å². The van der Waals surface area contributed by atoms with E-state index in [0.717, 1.165) is 50.7 Å². The quantitative estimate of drug-likeness (QED) is 0.403. The highest BCUT2D eigenvalue weighted by Gasteiger charge is 2.26. The van der Waals surface area contributed by atoms with Crippen molar-refractivity contribution in [2.45, 2.75) is 12.5 Å². The van der Waals surface area contributed by atoms with Crippen LogP contribution >= 0.6 is 12.2 Å². The molecule has 33 heavy (non-hydrogen) atoms. The molecule has 1 saturated heterocycles. The predicted molar refractivity (Wildman–Crippen MR) is 135 cm³/mol. The van der Waals surface area contributed by atoms with Gasteiger partial charge >= 0.3 is 0 Å². The van der Waals surface area contributed by atoms with Crippen LogP contribution in [0.1, 0.15) is 23.0 Å². The number of nitrogens with one attached hydrogen (secondary N) is 1. The molecule has 1 fully saturated rings. The van der Waals surface area contributed by atoms with Gasteiger partial charge in [-0.15, -0.1) is 0 Å². The van der Waals surface area contributed by atoms with Crippen LogP contribution in [0.5, 0.6) is 0 Å². The van der Waals surface area contributed by atoms with Gasteiger partial charge in [-0.2, -0.15) is 5.10 Å². The summed E-state index contributed by atoms with van der Waals surface area (Å²) in [6.07, 6.45) is 0.864. The van der Waals surface area contributed by atoms with Crippen molar-refractivity contribution < 1.29 is 0 Å². The van der Waals surface area contributed by atoms with E-state index in [1.165, 1.54) is 11.1 Å². The van der Waals surface area contributed by atoms with Crippen LogP contribution in [-0.4, -0.2) is 57.3 Å². The van der Waals surface area contributed by atoms with Crippen LogP contribution in [0.25, 0.3) is 5.69 Å². The summed E-state index contributed by atoms with van der Waals surface area (Å²) in [7, 11) is 0. The molecule has 0 radical (unpaired) electrons. The Hall–Kier alpha value is -3.06. The van der Waals surface area contributed by atoms with E-state index in [2.05, 4.69) is 92.8 Å². The average molecular weight is 456 g/mol. The number of hydrogen-bond acceptors (Lipinski definition) is 4. The van der Waals surface area contributed by atoms with Crippen molar-refractivity contribution in [1.82, 2.24) is 24.6 Å². The van der Waals surface area contributed by atoms with Crippen LogP contribution < -0.4 is 0 Å². The summed E-state index contributed by atoms with van der Waals surface area (Å²) in [6, 6.07) is 32.2. The van der Waals surface area contributed by atoms with Crippen LogP contribution in [0.4, 0.5) is 0 Å². The fourth-order valence-electron chi connectivity index (χ4n) is 4.73. The lowest BCUT2D eigenvalue weighted by atomic mass is 9.96. The molecule has 5 rings (SSSR count). The molecule has 6 heteroatoms. The van der Waals surface area contributed by atoms with Crippen molar-refractivity contribution in [3.63, 3.8) is 0 Å². The standard InChI is InChI=1S/C27H29N5S/c33-27-29-28-25(32(27)24-14-8-3-9-15-24)16-17-30-18-20-31(21-19-30)26(22-10-4-1-5-11-22)23-12-6-2-7-13-23/h1-15,26H,16-21H2,(H,29,33). The fourth-order valence-corrected chi connectivity index (χ4v) is 4.99. The second-order valence-electron chi connectivity index (χ2n) is 8.47. The van der Waals surface area contributed by atoms with Crippen LogP contribution in [-0.2, 0) is 6.42 Å². The number of piperazine rings is 1. The van der Waals surface area contributed by atoms with Gasteiger partial charge in [0.1, 0.15) is 5.82 Å². The van der Waals surface area contributed by atoms with Gasteiger partial charge in [-0.25, -0.2) is 0 Å². The number of H-pyrrole nitrogens is 1. The Bertz CT molecular complexity index is 1160. The fraction of sp³-hybridized carbons (Fsp3) is 0.259. The smallest absolute Gasteiger partial charge is 0.199 e. The molecule has 1 aliphatic rings. The first-order valence-electron chi connectivity index (χ1n) is 11.6. The van der Waals surface area contributed by atoms with Gasteiger partial charge in [0.05, 0.1) is 6.04 Å². The topological polar surface area (TPSA) is 40.1 Å². The van der Waals surface area contributed by atoms with E-state index >= 15 is 0 Å². The van der Waals surface area contributed by atoms with Crippen molar-refractivity contribution in [3.8, 4) is 5.69 Å². The van der Waals surface area contributed by atoms with E-state index in [4.69, 9.17) is 12.2 Å². The highest BCUT2D eigenvalue weighted by Crippen LogP contribution is 2.29. The van der Waals surface area contributed by atoms with E-state index in [1.54, 1.807) is 0 Å². The lowest BCUT2D eigenvalue weighted by Crippen LogP contribution is -2.48. The van der Waals surface area contributed by atoms with Crippen LogP contribution in [0.2, 0.25) is 0 Å². The molecule has 1 N–H and O–H groups in total. The average Bonchev–Trinajstić information content (AvgIpc) is 3.26. The minimum absolute atomic E-state index is 0.295. The molecule has 0 aliphatic carbocycles. The predicted octanol–water partition coefficient (Wildman–Crippen LogP) is 4.88. The van der Waals surface area contributed by atoms with Crippen molar-refractivity contribution in [2.24, 2.45) is 0 Å². The summed E-state index contributed by atoms with van der Waals surface area (Å²) < 4.78 is 2.70. The Morgan fingerprint density at radius 3 is 1.88 bits per heavy atom. The van der Waals surface area contributed by atoms with E-state index in [-0.39, 0.29) is 0 Å². The third-order valence-electron chi connectivity index (χ3n) is 6.41. The maximum Gasteiger partial charge on any atom is 0.199 e. The molecule has 1 aliphatic heterocycles. The number of nitrogens with zero attached hydrogens (tertiary/aromatic N) is 4. The number of hydrogen-bond donors (Lipinski definition) is 1. The number of rotatable bonds is 7. The Balaban J connectivity index is 1.25. The molecule has 0 spiro atoms. The van der Waals surface area contributed by atoms with E-state index in [0.29, 0.717) is 10.8 Å². The summed E-state index contributed by atoms with van der Waals surface area (Å²) in [6.45, 7) is 5.15. The normalized spacial score (nSPS) is 15.2. The molecule has 5 nitrogen and oxygen atoms in total. The van der Waals surface area contributed by atoms with Gasteiger partial charge in [0.2, 0.25) is 0 Å². The van der Waals surface area contributed by atoms with Gasteiger partial charge in [-0.3, -0.25) is 14.6 Å². The lowest BCUT2D eigenvalue weighted by Gasteiger charge is -2.39. The Labute approximate surface area is 200 Å². The third kappa shape index (κ3) is 4.98. The number of aromatic nitrogens is 3. The molecule has 4 aromatic rings. The third-order valence-corrected chi connectivity index (χ3v) is 6.68. The Morgan fingerprint density at radius 2 is 1.30 bits per heavy atom. The monoisotopic (exact) mass is 455 g/mol. The lowest BCUT2D eigenvalue weighted by molar-refractivity contribution is 0.110. The number of aromatic amines is 1. The van der Waals surface area contributed by atoms with Crippen LogP contribution in [0.15, 0.2) is 91.0 Å². The van der Waals surface area contributed by atoms with Gasteiger partial charge in [-0.05, 0) is 35.5 Å². The molecule has 2 heterocycles. The second kappa shape index (κ2) is 10.3. The van der Waals surface area contributed by atoms with Gasteiger partial charge in [0.15, 0.2) is 4.77 Å². The Morgan fingerprint density at radius 1 is 0.758 bits per heavy atom. The SMILES string of the molecule is S=c1[nH]nc(CCN2CCN(C(c3ccccc3)c3ccccc3)CC2)n1-c1ccccc1. The summed E-state index contributed by atoms with van der Waals surface area (Å²) in [4.78, 5) is 5.15. The van der Waals surface area contributed by atoms with Gasteiger partial charge in [0, 0.05) is 44.8 Å². The van der Waals surface area contributed by atoms with E-state index in [1.807, 2.05) is 22.8 Å². The molecule has 0 saturated carbocycles. The molecule has 0 amide bonds. The zero-order chi connectivity index (χ0) is 22.5. The molecule has 0 atom stereocenters. The minimum atomic E-state index is 0.295. The van der Waals surface area contributed by atoms with Gasteiger partial charge in [-0.1, -0.05) is 78.9 Å². The Kier molecular flexibility index (Phi) is 6.76. The highest BCUT2D eigenvalue weighted by atomic mass is 32.1. The summed E-state index contributed by atoms with van der Waals surface area (Å²) >= 11 is 5.49. The maximum absolute atomic E-state index is 5.49. The van der Waals surface area contributed by atoms with E-state index < -0.39 is 0 Å². The van der Waals surface area contributed by atoms with Crippen molar-refractivity contribution in [3.05, 3.63) is 113 Å². The molecule has 0 bridgehead atoms. The maximum atomic E-state index is 5.49. The molecule has 168 valence electrons. The van der Waals surface area contributed by atoms with Crippen LogP contribution in [0, 0.1) is 4.77 Å². The zero-order valence-corrected chi connectivity index (χ0v) is 19.5. The van der Waals surface area contributed by atoms with Crippen LogP contribution in [0.3, 0.4) is 0 Å². The molecule has 0 unspecified atom stereocenters. The molecular formula is C27H29N5S.